The van der Waals surface area contributed by atoms with Crippen LogP contribution in [-0.2, 0) is 16.0 Å². The fourth-order valence-electron chi connectivity index (χ4n) is 2.97. The molecular weight excluding hydrogens is 400 g/mol. The van der Waals surface area contributed by atoms with Crippen molar-refractivity contribution in [2.75, 3.05) is 6.61 Å². The molecular formula is C23H22N2O6. The maximum absolute atomic E-state index is 12.1. The summed E-state index contributed by atoms with van der Waals surface area (Å²) >= 11 is 0. The number of non-ortho nitro benzene ring substituents is 1. The first-order valence-electron chi connectivity index (χ1n) is 9.77. The highest BCUT2D eigenvalue weighted by Gasteiger charge is 2.17. The first-order chi connectivity index (χ1) is 14.9. The predicted molar refractivity (Wildman–Crippen MR) is 113 cm³/mol. The van der Waals surface area contributed by atoms with Gasteiger partial charge in [0.25, 0.3) is 11.6 Å². The fraction of sp³-hybridized carbons (Fsp3) is 0.217. The third-order valence-electron chi connectivity index (χ3n) is 4.62. The van der Waals surface area contributed by atoms with Crippen molar-refractivity contribution in [3.05, 3.63) is 88.2 Å². The Balaban J connectivity index is 1.46. The molecule has 0 saturated carbocycles. The molecule has 1 N–H and O–H groups in total. The number of carbonyl (C=O) groups excluding carboxylic acids is 2. The molecule has 1 amide bonds. The average molecular weight is 422 g/mol. The monoisotopic (exact) mass is 422 g/mol. The van der Waals surface area contributed by atoms with Crippen LogP contribution in [0.5, 0.6) is 0 Å². The van der Waals surface area contributed by atoms with Crippen molar-refractivity contribution in [3.63, 3.8) is 0 Å². The van der Waals surface area contributed by atoms with E-state index in [1.807, 2.05) is 37.3 Å². The zero-order valence-corrected chi connectivity index (χ0v) is 16.9. The van der Waals surface area contributed by atoms with Gasteiger partial charge in [-0.25, -0.2) is 4.79 Å². The molecule has 2 aromatic carbocycles. The van der Waals surface area contributed by atoms with Crippen LogP contribution in [0.4, 0.5) is 5.69 Å². The number of rotatable bonds is 9. The highest BCUT2D eigenvalue weighted by Crippen LogP contribution is 2.24. The van der Waals surface area contributed by atoms with Crippen molar-refractivity contribution in [1.82, 2.24) is 5.32 Å². The number of nitro groups is 1. The van der Waals surface area contributed by atoms with Gasteiger partial charge in [0.1, 0.15) is 5.76 Å². The van der Waals surface area contributed by atoms with Crippen LogP contribution in [0.25, 0.3) is 11.3 Å². The van der Waals surface area contributed by atoms with Crippen molar-refractivity contribution in [1.29, 1.82) is 0 Å². The molecule has 31 heavy (non-hydrogen) atoms. The summed E-state index contributed by atoms with van der Waals surface area (Å²) in [6.07, 6.45) is 1.60. The van der Waals surface area contributed by atoms with E-state index in [4.69, 9.17) is 9.15 Å². The minimum absolute atomic E-state index is 0.0426. The second-order valence-electron chi connectivity index (χ2n) is 7.04. The molecule has 1 atom stereocenters. The van der Waals surface area contributed by atoms with E-state index in [1.54, 1.807) is 6.07 Å². The Hall–Kier alpha value is -3.94. The molecule has 1 unspecified atom stereocenters. The second kappa shape index (κ2) is 10.2. The zero-order valence-electron chi connectivity index (χ0n) is 16.9. The first kappa shape index (κ1) is 21.8. The number of ether oxygens (including phenoxy) is 1. The van der Waals surface area contributed by atoms with E-state index in [9.17, 15) is 19.7 Å². The fourth-order valence-corrected chi connectivity index (χ4v) is 2.97. The third-order valence-corrected chi connectivity index (χ3v) is 4.62. The number of benzene rings is 2. The van der Waals surface area contributed by atoms with Gasteiger partial charge in [-0.2, -0.15) is 0 Å². The summed E-state index contributed by atoms with van der Waals surface area (Å²) in [6.45, 7) is 1.48. The largest absolute Gasteiger partial charge is 0.450 e. The second-order valence-corrected chi connectivity index (χ2v) is 7.04. The molecule has 0 bridgehead atoms. The quantitative estimate of drug-likeness (QED) is 0.315. The predicted octanol–water partition coefficient (Wildman–Crippen LogP) is 4.15. The van der Waals surface area contributed by atoms with E-state index >= 15 is 0 Å². The first-order valence-corrected chi connectivity index (χ1v) is 9.77. The lowest BCUT2D eigenvalue weighted by Crippen LogP contribution is -2.36. The Morgan fingerprint density at radius 2 is 1.77 bits per heavy atom. The van der Waals surface area contributed by atoms with Gasteiger partial charge in [0.05, 0.1) is 4.92 Å². The number of aryl methyl sites for hydroxylation is 1. The van der Waals surface area contributed by atoms with Crippen LogP contribution in [-0.4, -0.2) is 29.4 Å². The Labute approximate surface area is 179 Å². The van der Waals surface area contributed by atoms with Crippen molar-refractivity contribution in [3.8, 4) is 11.3 Å². The van der Waals surface area contributed by atoms with Crippen LogP contribution in [0.3, 0.4) is 0 Å². The minimum atomic E-state index is -0.764. The molecule has 0 saturated heterocycles. The molecule has 8 nitrogen and oxygen atoms in total. The van der Waals surface area contributed by atoms with E-state index in [1.165, 1.54) is 35.9 Å². The lowest BCUT2D eigenvalue weighted by molar-refractivity contribution is -0.384. The average Bonchev–Trinajstić information content (AvgIpc) is 3.27. The summed E-state index contributed by atoms with van der Waals surface area (Å²) in [7, 11) is 0. The summed E-state index contributed by atoms with van der Waals surface area (Å²) < 4.78 is 10.5. The van der Waals surface area contributed by atoms with Gasteiger partial charge in [-0.15, -0.1) is 0 Å². The summed E-state index contributed by atoms with van der Waals surface area (Å²) in [4.78, 5) is 34.4. The molecule has 0 radical (unpaired) electrons. The molecule has 1 aromatic heterocycles. The van der Waals surface area contributed by atoms with Gasteiger partial charge in [0, 0.05) is 23.7 Å². The van der Waals surface area contributed by atoms with E-state index < -0.39 is 23.4 Å². The summed E-state index contributed by atoms with van der Waals surface area (Å²) in [6, 6.07) is 18.6. The van der Waals surface area contributed by atoms with Crippen LogP contribution in [0.1, 0.15) is 29.5 Å². The van der Waals surface area contributed by atoms with Gasteiger partial charge < -0.3 is 14.5 Å². The summed E-state index contributed by atoms with van der Waals surface area (Å²) in [5, 5.41) is 13.5. The van der Waals surface area contributed by atoms with Crippen molar-refractivity contribution in [2.24, 2.45) is 0 Å². The standard InChI is InChI=1S/C23H22N2O6/c1-16(7-8-17-5-3-2-4-6-17)24-22(26)15-30-23(27)21-14-13-20(31-21)18-9-11-19(12-10-18)25(28)29/h2-6,9-14,16H,7-8,15H2,1H3,(H,24,26). The van der Waals surface area contributed by atoms with Gasteiger partial charge in [0.15, 0.2) is 6.61 Å². The number of esters is 1. The van der Waals surface area contributed by atoms with Crippen LogP contribution in [0.2, 0.25) is 0 Å². The number of nitrogens with one attached hydrogen (secondary N) is 1. The molecule has 3 aromatic rings. The summed E-state index contributed by atoms with van der Waals surface area (Å²) in [5.74, 6) is -0.851. The molecule has 0 fully saturated rings. The number of hydrogen-bond donors (Lipinski definition) is 1. The van der Waals surface area contributed by atoms with Crippen LogP contribution < -0.4 is 5.32 Å². The highest BCUT2D eigenvalue weighted by molar-refractivity contribution is 5.89. The molecule has 0 spiro atoms. The Kier molecular flexibility index (Phi) is 7.16. The number of carbonyl (C=O) groups is 2. The van der Waals surface area contributed by atoms with Crippen LogP contribution in [0.15, 0.2) is 71.1 Å². The zero-order chi connectivity index (χ0) is 22.2. The molecule has 8 heteroatoms. The molecule has 3 rings (SSSR count). The van der Waals surface area contributed by atoms with Gasteiger partial charge in [-0.1, -0.05) is 30.3 Å². The van der Waals surface area contributed by atoms with Gasteiger partial charge in [-0.3, -0.25) is 14.9 Å². The lowest BCUT2D eigenvalue weighted by atomic mass is 10.1. The van der Waals surface area contributed by atoms with Crippen molar-refractivity contribution < 1.29 is 23.7 Å². The molecule has 160 valence electrons. The Bertz CT molecular complexity index is 1040. The Morgan fingerprint density at radius 3 is 2.45 bits per heavy atom. The van der Waals surface area contributed by atoms with E-state index in [0.717, 1.165) is 12.8 Å². The van der Waals surface area contributed by atoms with Gasteiger partial charge >= 0.3 is 5.97 Å². The number of nitro benzene ring substituents is 1. The van der Waals surface area contributed by atoms with E-state index in [2.05, 4.69) is 5.32 Å². The van der Waals surface area contributed by atoms with Gasteiger partial charge in [-0.05, 0) is 49.6 Å². The number of nitrogens with zero attached hydrogens (tertiary/aromatic N) is 1. The minimum Gasteiger partial charge on any atom is -0.450 e. The number of hydrogen-bond acceptors (Lipinski definition) is 6. The normalized spacial score (nSPS) is 11.5. The van der Waals surface area contributed by atoms with E-state index in [0.29, 0.717) is 11.3 Å². The maximum atomic E-state index is 12.1. The topological polar surface area (TPSA) is 112 Å². The van der Waals surface area contributed by atoms with Crippen molar-refractivity contribution in [2.45, 2.75) is 25.8 Å². The SMILES string of the molecule is CC(CCc1ccccc1)NC(=O)COC(=O)c1ccc(-c2ccc([N+](=O)[O-])cc2)o1. The Morgan fingerprint density at radius 1 is 1.06 bits per heavy atom. The third kappa shape index (κ3) is 6.27. The highest BCUT2D eigenvalue weighted by atomic mass is 16.6. The summed E-state index contributed by atoms with van der Waals surface area (Å²) in [5.41, 5.74) is 1.73. The molecule has 0 aliphatic carbocycles. The molecule has 0 aliphatic heterocycles. The van der Waals surface area contributed by atoms with Crippen molar-refractivity contribution >= 4 is 17.6 Å². The smallest absolute Gasteiger partial charge is 0.374 e. The number of amides is 1. The van der Waals surface area contributed by atoms with Gasteiger partial charge in [0.2, 0.25) is 5.76 Å². The molecule has 0 aliphatic rings. The molecule has 1 heterocycles. The van der Waals surface area contributed by atoms with Crippen LogP contribution in [0, 0.1) is 10.1 Å². The van der Waals surface area contributed by atoms with E-state index in [-0.39, 0.29) is 17.5 Å². The number of furan rings is 1. The lowest BCUT2D eigenvalue weighted by Gasteiger charge is -2.13. The maximum Gasteiger partial charge on any atom is 0.374 e. The van der Waals surface area contributed by atoms with Crippen LogP contribution >= 0.6 is 0 Å².